The van der Waals surface area contributed by atoms with Crippen molar-refractivity contribution in [3.05, 3.63) is 35.9 Å². The summed E-state index contributed by atoms with van der Waals surface area (Å²) >= 11 is 0. The van der Waals surface area contributed by atoms with Gasteiger partial charge in [-0.1, -0.05) is 25.1 Å². The highest BCUT2D eigenvalue weighted by molar-refractivity contribution is 5.67. The van der Waals surface area contributed by atoms with Gasteiger partial charge in [0.15, 0.2) is 11.4 Å². The van der Waals surface area contributed by atoms with E-state index < -0.39 is 0 Å². The lowest BCUT2D eigenvalue weighted by molar-refractivity contribution is 0.122. The van der Waals surface area contributed by atoms with Crippen LogP contribution in [0, 0.1) is 11.3 Å². The molecule has 0 unspecified atom stereocenters. The molecule has 25 heavy (non-hydrogen) atoms. The molecular formula is C18H21N5O2. The molecule has 1 aliphatic heterocycles. The van der Waals surface area contributed by atoms with Crippen LogP contribution in [0.15, 0.2) is 30.3 Å². The molecule has 7 nitrogen and oxygen atoms in total. The summed E-state index contributed by atoms with van der Waals surface area (Å²) in [7, 11) is 0. The molecule has 2 heterocycles. The predicted molar refractivity (Wildman–Crippen MR) is 95.3 cm³/mol. The molecule has 1 aliphatic rings. The number of hydrogen-bond donors (Lipinski definition) is 1. The van der Waals surface area contributed by atoms with E-state index in [4.69, 9.17) is 9.47 Å². The number of nitrogens with zero attached hydrogens (tertiary/aromatic N) is 4. The fraction of sp³-hybridized carbons (Fsp3) is 0.389. The molecule has 1 aromatic carbocycles. The van der Waals surface area contributed by atoms with Crippen molar-refractivity contribution >= 4 is 17.5 Å². The smallest absolute Gasteiger partial charge is 0.238 e. The normalized spacial score (nSPS) is 14.0. The van der Waals surface area contributed by atoms with Crippen LogP contribution >= 0.6 is 0 Å². The minimum absolute atomic E-state index is 0.314. The first-order valence-corrected chi connectivity index (χ1v) is 8.41. The van der Waals surface area contributed by atoms with E-state index in [0.717, 1.165) is 12.1 Å². The molecule has 1 saturated heterocycles. The Bertz CT molecular complexity index is 739. The van der Waals surface area contributed by atoms with Crippen LogP contribution in [0.1, 0.15) is 18.9 Å². The zero-order chi connectivity index (χ0) is 17.5. The molecule has 0 amide bonds. The second-order valence-electron chi connectivity index (χ2n) is 5.60. The van der Waals surface area contributed by atoms with Crippen LogP contribution in [-0.2, 0) is 4.74 Å². The van der Waals surface area contributed by atoms with Gasteiger partial charge in [0, 0.05) is 18.8 Å². The van der Waals surface area contributed by atoms with Crippen LogP contribution < -0.4 is 15.0 Å². The Labute approximate surface area is 147 Å². The zero-order valence-electron chi connectivity index (χ0n) is 14.2. The van der Waals surface area contributed by atoms with Gasteiger partial charge in [-0.25, -0.2) is 0 Å². The summed E-state index contributed by atoms with van der Waals surface area (Å²) in [6, 6.07) is 11.8. The Kier molecular flexibility index (Phi) is 5.65. The van der Waals surface area contributed by atoms with Crippen LogP contribution in [0.4, 0.5) is 17.5 Å². The summed E-state index contributed by atoms with van der Waals surface area (Å²) in [5, 5.41) is 12.8. The van der Waals surface area contributed by atoms with Gasteiger partial charge in [-0.3, -0.25) is 0 Å². The number of anilines is 3. The molecule has 0 bridgehead atoms. The molecule has 130 valence electrons. The molecule has 3 rings (SSSR count). The van der Waals surface area contributed by atoms with Crippen molar-refractivity contribution in [2.75, 3.05) is 43.1 Å². The number of hydrogen-bond acceptors (Lipinski definition) is 7. The number of ether oxygens (including phenoxy) is 2. The third-order valence-electron chi connectivity index (χ3n) is 3.75. The molecule has 1 fully saturated rings. The first-order valence-electron chi connectivity index (χ1n) is 8.41. The summed E-state index contributed by atoms with van der Waals surface area (Å²) in [4.78, 5) is 11.1. The average Bonchev–Trinajstić information content (AvgIpc) is 2.67. The second-order valence-corrected chi connectivity index (χ2v) is 5.60. The number of rotatable bonds is 6. The first-order chi connectivity index (χ1) is 12.3. The van der Waals surface area contributed by atoms with Gasteiger partial charge in [-0.2, -0.15) is 15.2 Å². The highest BCUT2D eigenvalue weighted by Gasteiger charge is 2.21. The molecule has 1 N–H and O–H groups in total. The highest BCUT2D eigenvalue weighted by atomic mass is 16.5. The van der Waals surface area contributed by atoms with Crippen molar-refractivity contribution in [3.63, 3.8) is 0 Å². The van der Waals surface area contributed by atoms with Gasteiger partial charge in [-0.05, 0) is 18.6 Å². The van der Waals surface area contributed by atoms with Crippen molar-refractivity contribution in [1.29, 1.82) is 5.26 Å². The molecule has 0 spiro atoms. The summed E-state index contributed by atoms with van der Waals surface area (Å²) < 4.78 is 11.1. The maximum Gasteiger partial charge on any atom is 0.238 e. The van der Waals surface area contributed by atoms with Crippen molar-refractivity contribution in [2.24, 2.45) is 0 Å². The number of aromatic nitrogens is 2. The minimum atomic E-state index is 0.314. The quantitative estimate of drug-likeness (QED) is 0.866. The third kappa shape index (κ3) is 4.17. The summed E-state index contributed by atoms with van der Waals surface area (Å²) in [6.45, 7) is 5.21. The molecule has 0 aliphatic carbocycles. The standard InChI is InChI=1S/C18H21N5O2/c1-2-10-25-17-15(13-19)16(20-14-6-4-3-5-7-14)21-18(22-17)23-8-11-24-12-9-23/h3-7H,2,8-12H2,1H3,(H,20,21,22). The Balaban J connectivity index is 1.98. The lowest BCUT2D eigenvalue weighted by Gasteiger charge is -2.27. The van der Waals surface area contributed by atoms with E-state index in [-0.39, 0.29) is 0 Å². The zero-order valence-corrected chi connectivity index (χ0v) is 14.2. The van der Waals surface area contributed by atoms with Crippen LogP contribution in [-0.4, -0.2) is 42.9 Å². The van der Waals surface area contributed by atoms with Crippen LogP contribution in [0.3, 0.4) is 0 Å². The van der Waals surface area contributed by atoms with Gasteiger partial charge in [0.05, 0.1) is 19.8 Å². The van der Waals surface area contributed by atoms with E-state index in [1.54, 1.807) is 0 Å². The Morgan fingerprint density at radius 3 is 2.68 bits per heavy atom. The Hall–Kier alpha value is -2.85. The van der Waals surface area contributed by atoms with Crippen LogP contribution in [0.25, 0.3) is 0 Å². The molecule has 1 aromatic heterocycles. The van der Waals surface area contributed by atoms with E-state index in [1.807, 2.05) is 42.2 Å². The van der Waals surface area contributed by atoms with Crippen LogP contribution in [0.5, 0.6) is 5.88 Å². The minimum Gasteiger partial charge on any atom is -0.477 e. The van der Waals surface area contributed by atoms with Gasteiger partial charge in [0.25, 0.3) is 0 Å². The predicted octanol–water partition coefficient (Wildman–Crippen LogP) is 2.72. The first kappa shape index (κ1) is 17.0. The van der Waals surface area contributed by atoms with E-state index >= 15 is 0 Å². The topological polar surface area (TPSA) is 83.3 Å². The van der Waals surface area contributed by atoms with Gasteiger partial charge in [0.1, 0.15) is 6.07 Å². The van der Waals surface area contributed by atoms with Crippen LogP contribution in [0.2, 0.25) is 0 Å². The number of benzene rings is 1. The maximum atomic E-state index is 9.59. The molecule has 7 heteroatoms. The largest absolute Gasteiger partial charge is 0.477 e. The van der Waals surface area contributed by atoms with Gasteiger partial charge >= 0.3 is 0 Å². The Morgan fingerprint density at radius 2 is 2.00 bits per heavy atom. The molecule has 0 saturated carbocycles. The number of para-hydroxylation sites is 1. The lowest BCUT2D eigenvalue weighted by atomic mass is 10.2. The second kappa shape index (κ2) is 8.31. The summed E-state index contributed by atoms with van der Waals surface area (Å²) in [6.07, 6.45) is 0.837. The Morgan fingerprint density at radius 1 is 1.24 bits per heavy atom. The fourth-order valence-electron chi connectivity index (χ4n) is 2.49. The third-order valence-corrected chi connectivity index (χ3v) is 3.75. The average molecular weight is 339 g/mol. The SMILES string of the molecule is CCCOc1nc(N2CCOCC2)nc(Nc2ccccc2)c1C#N. The van der Waals surface area contributed by atoms with Crippen molar-refractivity contribution in [2.45, 2.75) is 13.3 Å². The van der Waals surface area contributed by atoms with E-state index in [1.165, 1.54) is 0 Å². The number of nitrogens with one attached hydrogen (secondary N) is 1. The number of nitriles is 1. The van der Waals surface area contributed by atoms with E-state index in [0.29, 0.717) is 56.1 Å². The summed E-state index contributed by atoms with van der Waals surface area (Å²) in [5.41, 5.74) is 1.17. The monoisotopic (exact) mass is 339 g/mol. The summed E-state index contributed by atoms with van der Waals surface area (Å²) in [5.74, 6) is 1.32. The van der Waals surface area contributed by atoms with Gasteiger partial charge < -0.3 is 19.7 Å². The lowest BCUT2D eigenvalue weighted by Crippen LogP contribution is -2.37. The maximum absolute atomic E-state index is 9.59. The molecule has 2 aromatic rings. The van der Waals surface area contributed by atoms with Crippen molar-refractivity contribution in [1.82, 2.24) is 9.97 Å². The van der Waals surface area contributed by atoms with Crippen molar-refractivity contribution < 1.29 is 9.47 Å². The van der Waals surface area contributed by atoms with Gasteiger partial charge in [-0.15, -0.1) is 0 Å². The molecule has 0 atom stereocenters. The fourth-order valence-corrected chi connectivity index (χ4v) is 2.49. The molecular weight excluding hydrogens is 318 g/mol. The van der Waals surface area contributed by atoms with Gasteiger partial charge in [0.2, 0.25) is 11.8 Å². The van der Waals surface area contributed by atoms with E-state index in [2.05, 4.69) is 21.4 Å². The highest BCUT2D eigenvalue weighted by Crippen LogP contribution is 2.28. The molecule has 0 radical (unpaired) electrons. The number of morpholine rings is 1. The van der Waals surface area contributed by atoms with E-state index in [9.17, 15) is 5.26 Å². The van der Waals surface area contributed by atoms with Crippen molar-refractivity contribution in [3.8, 4) is 11.9 Å².